The Morgan fingerprint density at radius 3 is 2.70 bits per heavy atom. The summed E-state index contributed by atoms with van der Waals surface area (Å²) in [6.45, 7) is 5.10. The van der Waals surface area contributed by atoms with E-state index in [-0.39, 0.29) is 18.2 Å². The lowest BCUT2D eigenvalue weighted by molar-refractivity contribution is 0.0529. The van der Waals surface area contributed by atoms with Gasteiger partial charge in [-0.25, -0.2) is 9.18 Å². The molecule has 3 N–H and O–H groups in total. The summed E-state index contributed by atoms with van der Waals surface area (Å²) >= 11 is 0. The molecule has 0 saturated heterocycles. The van der Waals surface area contributed by atoms with E-state index in [4.69, 9.17) is 4.74 Å². The van der Waals surface area contributed by atoms with Crippen molar-refractivity contribution in [2.45, 2.75) is 51.4 Å². The van der Waals surface area contributed by atoms with Gasteiger partial charge < -0.3 is 20.5 Å². The van der Waals surface area contributed by atoms with Crippen LogP contribution in [0.1, 0.15) is 56.0 Å². The molecule has 160 valence electrons. The fraction of sp³-hybridized carbons (Fsp3) is 0.375. The Morgan fingerprint density at radius 1 is 1.30 bits per heavy atom. The van der Waals surface area contributed by atoms with Crippen LogP contribution in [0.25, 0.3) is 0 Å². The van der Waals surface area contributed by atoms with Gasteiger partial charge in [0, 0.05) is 17.8 Å². The number of hydrogen-bond donors (Lipinski definition) is 3. The summed E-state index contributed by atoms with van der Waals surface area (Å²) < 4.78 is 18.6. The minimum Gasteiger partial charge on any atom is -0.444 e. The predicted molar refractivity (Wildman–Crippen MR) is 116 cm³/mol. The highest BCUT2D eigenvalue weighted by Gasteiger charge is 2.22. The molecule has 2 aromatic carbocycles. The van der Waals surface area contributed by atoms with E-state index in [0.29, 0.717) is 11.9 Å². The molecule has 0 aliphatic carbocycles. The Hall–Kier alpha value is -2.86. The van der Waals surface area contributed by atoms with Gasteiger partial charge in [-0.2, -0.15) is 0 Å². The molecule has 2 aromatic rings. The molecule has 0 spiro atoms. The molecule has 0 fully saturated rings. The second-order valence-corrected chi connectivity index (χ2v) is 8.50. The maximum absolute atomic E-state index is 13.4. The maximum atomic E-state index is 13.4. The largest absolute Gasteiger partial charge is 0.444 e. The van der Waals surface area contributed by atoms with Crippen molar-refractivity contribution in [3.05, 3.63) is 77.1 Å². The molecule has 2 unspecified atom stereocenters. The second kappa shape index (κ2) is 9.30. The molecule has 1 aliphatic heterocycles. The third-order valence-corrected chi connectivity index (χ3v) is 5.01. The average molecular weight is 413 g/mol. The number of aliphatic hydroxyl groups excluding tert-OH is 1. The number of aliphatic hydroxyl groups is 1. The minimum absolute atomic E-state index is 0.0618. The quantitative estimate of drug-likeness (QED) is 0.631. The Labute approximate surface area is 177 Å². The van der Waals surface area contributed by atoms with Crippen molar-refractivity contribution in [2.75, 3.05) is 11.9 Å². The number of alkyl carbamates (subject to hydrolysis) is 1. The lowest BCUT2D eigenvalue weighted by Gasteiger charge is -2.28. The van der Waals surface area contributed by atoms with Crippen LogP contribution in [0.2, 0.25) is 0 Å². The lowest BCUT2D eigenvalue weighted by atomic mass is 9.91. The Balaban J connectivity index is 1.65. The molecule has 1 aliphatic rings. The Morgan fingerprint density at radius 2 is 2.03 bits per heavy atom. The smallest absolute Gasteiger partial charge is 0.407 e. The summed E-state index contributed by atoms with van der Waals surface area (Å²) in [6.07, 6.45) is 0.318. The van der Waals surface area contributed by atoms with Crippen LogP contribution in [-0.4, -0.2) is 23.3 Å². The molecule has 1 heterocycles. The number of carbonyl (C=O) groups is 1. The zero-order valence-corrected chi connectivity index (χ0v) is 17.6. The number of amides is 1. The van der Waals surface area contributed by atoms with Gasteiger partial charge in [0.05, 0.1) is 12.4 Å². The number of fused-ring (bicyclic) bond motifs is 1. The molecule has 6 heteroatoms. The number of benzene rings is 2. The van der Waals surface area contributed by atoms with Crippen molar-refractivity contribution in [1.82, 2.24) is 5.32 Å². The number of hydrogen-bond acceptors (Lipinski definition) is 4. The zero-order valence-electron chi connectivity index (χ0n) is 17.6. The first kappa shape index (κ1) is 21.8. The van der Waals surface area contributed by atoms with Gasteiger partial charge in [-0.05, 0) is 56.4 Å². The Bertz CT molecular complexity index is 906. The molecule has 2 atom stereocenters. The van der Waals surface area contributed by atoms with E-state index in [2.05, 4.69) is 22.8 Å². The molecule has 0 saturated carbocycles. The maximum Gasteiger partial charge on any atom is 0.407 e. The first-order valence-corrected chi connectivity index (χ1v) is 10.1. The van der Waals surface area contributed by atoms with Gasteiger partial charge in [0.25, 0.3) is 0 Å². The fourth-order valence-electron chi connectivity index (χ4n) is 3.52. The standard InChI is InChI=1S/C24H29FN2O3/c1-24(2,3)30-23(29)26-15-19(14-25)22(28)18-10-12-21-17(13-18)9-11-20(27-21)16-7-5-4-6-8-16/h4-8,10,12-14,20,22,27-28H,9,11,15H2,1-3H3,(H,26,29)/b19-14-. The van der Waals surface area contributed by atoms with Crippen LogP contribution in [0.15, 0.2) is 60.4 Å². The van der Waals surface area contributed by atoms with E-state index in [1.165, 1.54) is 5.56 Å². The number of carbonyl (C=O) groups excluding carboxylic acids is 1. The van der Waals surface area contributed by atoms with Gasteiger partial charge in [-0.15, -0.1) is 0 Å². The number of aryl methyl sites for hydroxylation is 1. The van der Waals surface area contributed by atoms with Crippen molar-refractivity contribution >= 4 is 11.8 Å². The molecule has 0 bridgehead atoms. The van der Waals surface area contributed by atoms with Crippen LogP contribution in [0.4, 0.5) is 14.9 Å². The van der Waals surface area contributed by atoms with Gasteiger partial charge >= 0.3 is 6.09 Å². The van der Waals surface area contributed by atoms with Crippen molar-refractivity contribution in [3.63, 3.8) is 0 Å². The third-order valence-electron chi connectivity index (χ3n) is 5.01. The number of nitrogens with one attached hydrogen (secondary N) is 2. The predicted octanol–water partition coefficient (Wildman–Crippen LogP) is 5.20. The van der Waals surface area contributed by atoms with Crippen molar-refractivity contribution in [2.24, 2.45) is 0 Å². The van der Waals surface area contributed by atoms with Gasteiger partial charge in [-0.1, -0.05) is 42.5 Å². The van der Waals surface area contributed by atoms with E-state index in [0.717, 1.165) is 24.1 Å². The molecule has 0 radical (unpaired) electrons. The van der Waals surface area contributed by atoms with Crippen LogP contribution in [-0.2, 0) is 11.2 Å². The monoisotopic (exact) mass is 412 g/mol. The third kappa shape index (κ3) is 5.60. The normalized spacial score (nSPS) is 17.5. The number of halogens is 1. The molecular weight excluding hydrogens is 383 g/mol. The van der Waals surface area contributed by atoms with Gasteiger partial charge in [-0.3, -0.25) is 0 Å². The van der Waals surface area contributed by atoms with Gasteiger partial charge in [0.2, 0.25) is 0 Å². The first-order valence-electron chi connectivity index (χ1n) is 10.1. The van der Waals surface area contributed by atoms with Crippen molar-refractivity contribution in [3.8, 4) is 0 Å². The van der Waals surface area contributed by atoms with Crippen molar-refractivity contribution < 1.29 is 19.0 Å². The first-order chi connectivity index (χ1) is 14.3. The van der Waals surface area contributed by atoms with E-state index >= 15 is 0 Å². The summed E-state index contributed by atoms with van der Waals surface area (Å²) in [5, 5.41) is 16.7. The average Bonchev–Trinajstić information content (AvgIpc) is 2.72. The van der Waals surface area contributed by atoms with Crippen LogP contribution < -0.4 is 10.6 Å². The van der Waals surface area contributed by atoms with Crippen LogP contribution in [0.3, 0.4) is 0 Å². The molecule has 30 heavy (non-hydrogen) atoms. The topological polar surface area (TPSA) is 70.6 Å². The zero-order chi connectivity index (χ0) is 21.7. The summed E-state index contributed by atoms with van der Waals surface area (Å²) in [5.74, 6) is 0. The van der Waals surface area contributed by atoms with E-state index in [9.17, 15) is 14.3 Å². The molecular formula is C24H29FN2O3. The molecule has 1 amide bonds. The summed E-state index contributed by atoms with van der Waals surface area (Å²) in [7, 11) is 0. The number of anilines is 1. The molecule has 0 aromatic heterocycles. The second-order valence-electron chi connectivity index (χ2n) is 8.50. The van der Waals surface area contributed by atoms with E-state index < -0.39 is 17.8 Å². The SMILES string of the molecule is CC(C)(C)OC(=O)NC/C(=C/F)C(O)c1ccc2c(c1)CCC(c1ccccc1)N2. The summed E-state index contributed by atoms with van der Waals surface area (Å²) in [6, 6.07) is 16.1. The number of rotatable bonds is 5. The minimum atomic E-state index is -1.15. The van der Waals surface area contributed by atoms with Gasteiger partial charge in [0.1, 0.15) is 11.7 Å². The lowest BCUT2D eigenvalue weighted by Crippen LogP contribution is -2.34. The van der Waals surface area contributed by atoms with Crippen LogP contribution in [0, 0.1) is 0 Å². The highest BCUT2D eigenvalue weighted by atomic mass is 19.1. The summed E-state index contributed by atoms with van der Waals surface area (Å²) in [5.41, 5.74) is 3.34. The molecule has 3 rings (SSSR count). The van der Waals surface area contributed by atoms with E-state index in [1.807, 2.05) is 30.3 Å². The Kier molecular flexibility index (Phi) is 6.77. The van der Waals surface area contributed by atoms with Crippen molar-refractivity contribution in [1.29, 1.82) is 0 Å². The van der Waals surface area contributed by atoms with Crippen LogP contribution >= 0.6 is 0 Å². The number of ether oxygens (including phenoxy) is 1. The van der Waals surface area contributed by atoms with Crippen LogP contribution in [0.5, 0.6) is 0 Å². The highest BCUT2D eigenvalue weighted by molar-refractivity contribution is 5.68. The summed E-state index contributed by atoms with van der Waals surface area (Å²) in [4.78, 5) is 11.8. The van der Waals surface area contributed by atoms with E-state index in [1.54, 1.807) is 26.8 Å². The van der Waals surface area contributed by atoms with Gasteiger partial charge in [0.15, 0.2) is 0 Å². The highest BCUT2D eigenvalue weighted by Crippen LogP contribution is 2.35. The molecule has 5 nitrogen and oxygen atoms in total. The fourth-order valence-corrected chi connectivity index (χ4v) is 3.52.